The lowest BCUT2D eigenvalue weighted by molar-refractivity contribution is -0.195. The zero-order chi connectivity index (χ0) is 22.1. The van der Waals surface area contributed by atoms with Gasteiger partial charge in [0.2, 0.25) is 0 Å². The second-order valence-electron chi connectivity index (χ2n) is 9.16. The maximum absolute atomic E-state index is 13.1. The molecule has 30 heavy (non-hydrogen) atoms. The van der Waals surface area contributed by atoms with Gasteiger partial charge in [-0.15, -0.1) is 0 Å². The number of carbonyl (C=O) groups is 2. The standard InChI is InChI=1S/C22H32N2O6/c1-21(2,3)29-20(26)24-17(14-28-22(24,4)5)16-12-18(19(25)27-6)30-23(16)13-15-10-8-7-9-11-15/h7-11,16-18H,12-14H2,1-6H3/t16-,17-,18-/m0/s1. The minimum atomic E-state index is -0.839. The molecule has 1 aromatic rings. The first kappa shape index (κ1) is 22.5. The van der Waals surface area contributed by atoms with E-state index in [4.69, 9.17) is 19.0 Å². The van der Waals surface area contributed by atoms with Gasteiger partial charge in [-0.3, -0.25) is 9.74 Å². The molecule has 166 valence electrons. The van der Waals surface area contributed by atoms with Crippen molar-refractivity contribution in [2.75, 3.05) is 13.7 Å². The summed E-state index contributed by atoms with van der Waals surface area (Å²) in [7, 11) is 1.34. The van der Waals surface area contributed by atoms with E-state index >= 15 is 0 Å². The zero-order valence-corrected chi connectivity index (χ0v) is 18.6. The summed E-state index contributed by atoms with van der Waals surface area (Å²) in [6, 6.07) is 9.23. The van der Waals surface area contributed by atoms with E-state index in [-0.39, 0.29) is 12.1 Å². The molecule has 1 aromatic carbocycles. The van der Waals surface area contributed by atoms with Gasteiger partial charge in [0.05, 0.1) is 25.8 Å². The average Bonchev–Trinajstić information content (AvgIpc) is 3.20. The van der Waals surface area contributed by atoms with Gasteiger partial charge in [-0.2, -0.15) is 5.06 Å². The molecule has 3 atom stereocenters. The number of carbonyl (C=O) groups excluding carboxylic acids is 2. The topological polar surface area (TPSA) is 77.5 Å². The fourth-order valence-electron chi connectivity index (χ4n) is 3.94. The van der Waals surface area contributed by atoms with Gasteiger partial charge in [-0.25, -0.2) is 9.59 Å². The molecule has 0 radical (unpaired) electrons. The first-order chi connectivity index (χ1) is 14.0. The van der Waals surface area contributed by atoms with Crippen LogP contribution in [0.15, 0.2) is 30.3 Å². The monoisotopic (exact) mass is 420 g/mol. The number of hydrogen-bond donors (Lipinski definition) is 0. The van der Waals surface area contributed by atoms with E-state index in [1.807, 2.05) is 65.0 Å². The molecule has 0 N–H and O–H groups in total. The molecular weight excluding hydrogens is 388 g/mol. The normalized spacial score (nSPS) is 26.6. The van der Waals surface area contributed by atoms with Crippen LogP contribution in [0.5, 0.6) is 0 Å². The Morgan fingerprint density at radius 1 is 1.17 bits per heavy atom. The molecule has 0 saturated carbocycles. The van der Waals surface area contributed by atoms with Gasteiger partial charge in [0.15, 0.2) is 6.10 Å². The largest absolute Gasteiger partial charge is 0.467 e. The van der Waals surface area contributed by atoms with E-state index in [1.54, 1.807) is 9.96 Å². The van der Waals surface area contributed by atoms with E-state index in [1.165, 1.54) is 7.11 Å². The molecule has 2 saturated heterocycles. The molecule has 2 heterocycles. The molecule has 2 fully saturated rings. The van der Waals surface area contributed by atoms with Crippen molar-refractivity contribution in [2.45, 2.75) is 77.1 Å². The summed E-state index contributed by atoms with van der Waals surface area (Å²) in [6.45, 7) is 9.96. The predicted octanol–water partition coefficient (Wildman–Crippen LogP) is 3.11. The third-order valence-electron chi connectivity index (χ3n) is 5.29. The lowest BCUT2D eigenvalue weighted by Gasteiger charge is -2.38. The Hall–Kier alpha value is -2.16. The van der Waals surface area contributed by atoms with Crippen LogP contribution in [-0.2, 0) is 30.4 Å². The number of ether oxygens (including phenoxy) is 3. The molecule has 2 aliphatic rings. The van der Waals surface area contributed by atoms with Crippen LogP contribution in [0.3, 0.4) is 0 Å². The smallest absolute Gasteiger partial charge is 0.412 e. The van der Waals surface area contributed by atoms with Crippen LogP contribution in [0.1, 0.15) is 46.6 Å². The number of rotatable bonds is 4. The summed E-state index contributed by atoms with van der Waals surface area (Å²) < 4.78 is 16.5. The fraction of sp³-hybridized carbons (Fsp3) is 0.636. The van der Waals surface area contributed by atoms with Gasteiger partial charge < -0.3 is 14.2 Å². The van der Waals surface area contributed by atoms with E-state index in [0.717, 1.165) is 5.56 Å². The van der Waals surface area contributed by atoms with Crippen LogP contribution in [0, 0.1) is 0 Å². The Bertz CT molecular complexity index is 761. The quantitative estimate of drug-likeness (QED) is 0.693. The third kappa shape index (κ3) is 4.94. The minimum Gasteiger partial charge on any atom is -0.467 e. The van der Waals surface area contributed by atoms with Crippen molar-refractivity contribution in [3.8, 4) is 0 Å². The van der Waals surface area contributed by atoms with Gasteiger partial charge in [0.25, 0.3) is 0 Å². The first-order valence-electron chi connectivity index (χ1n) is 10.2. The van der Waals surface area contributed by atoms with Gasteiger partial charge in [0.1, 0.15) is 11.3 Å². The van der Waals surface area contributed by atoms with Crippen molar-refractivity contribution >= 4 is 12.1 Å². The number of esters is 1. The maximum Gasteiger partial charge on any atom is 0.412 e. The molecule has 0 aliphatic carbocycles. The van der Waals surface area contributed by atoms with Gasteiger partial charge >= 0.3 is 12.1 Å². The highest BCUT2D eigenvalue weighted by molar-refractivity contribution is 5.75. The molecule has 1 amide bonds. The molecule has 3 rings (SSSR count). The second kappa shape index (κ2) is 8.53. The fourth-order valence-corrected chi connectivity index (χ4v) is 3.94. The van der Waals surface area contributed by atoms with Crippen LogP contribution < -0.4 is 0 Å². The summed E-state index contributed by atoms with van der Waals surface area (Å²) in [6.07, 6.45) is -0.785. The Morgan fingerprint density at radius 3 is 2.43 bits per heavy atom. The second-order valence-corrected chi connectivity index (χ2v) is 9.16. The summed E-state index contributed by atoms with van der Waals surface area (Å²) in [5, 5.41) is 1.77. The molecule has 0 unspecified atom stereocenters. The molecule has 8 heteroatoms. The third-order valence-corrected chi connectivity index (χ3v) is 5.29. The SMILES string of the molecule is COC(=O)[C@@H]1C[C@@H]([C@@H]2COC(C)(C)N2C(=O)OC(C)(C)C)N(Cc2ccccc2)O1. The highest BCUT2D eigenvalue weighted by atomic mass is 16.7. The lowest BCUT2D eigenvalue weighted by Crippen LogP contribution is -2.55. The Labute approximate surface area is 178 Å². The van der Waals surface area contributed by atoms with Crippen LogP contribution in [0.2, 0.25) is 0 Å². The Balaban J connectivity index is 1.87. The van der Waals surface area contributed by atoms with Crippen molar-refractivity contribution in [3.05, 3.63) is 35.9 Å². The zero-order valence-electron chi connectivity index (χ0n) is 18.6. The van der Waals surface area contributed by atoms with Gasteiger partial charge in [-0.05, 0) is 40.2 Å². The summed E-state index contributed by atoms with van der Waals surface area (Å²) in [5.41, 5.74) is -0.436. The molecular formula is C22H32N2O6. The highest BCUT2D eigenvalue weighted by Crippen LogP contribution is 2.37. The molecule has 0 spiro atoms. The number of benzene rings is 1. The van der Waals surface area contributed by atoms with Crippen molar-refractivity contribution in [2.24, 2.45) is 0 Å². The first-order valence-corrected chi connectivity index (χ1v) is 10.2. The number of hydrogen-bond acceptors (Lipinski definition) is 7. The van der Waals surface area contributed by atoms with E-state index < -0.39 is 29.5 Å². The van der Waals surface area contributed by atoms with Crippen LogP contribution >= 0.6 is 0 Å². The number of amides is 1. The number of nitrogens with zero attached hydrogens (tertiary/aromatic N) is 2. The van der Waals surface area contributed by atoms with E-state index in [9.17, 15) is 9.59 Å². The van der Waals surface area contributed by atoms with Crippen LogP contribution in [0.4, 0.5) is 4.79 Å². The van der Waals surface area contributed by atoms with Crippen LogP contribution in [0.25, 0.3) is 0 Å². The van der Waals surface area contributed by atoms with Gasteiger partial charge in [-0.1, -0.05) is 30.3 Å². The van der Waals surface area contributed by atoms with Crippen molar-refractivity contribution < 1.29 is 28.6 Å². The summed E-state index contributed by atoms with van der Waals surface area (Å²) in [5.74, 6) is -0.433. The maximum atomic E-state index is 13.1. The Morgan fingerprint density at radius 2 is 1.83 bits per heavy atom. The molecule has 0 aromatic heterocycles. The highest BCUT2D eigenvalue weighted by Gasteiger charge is 2.53. The molecule has 2 aliphatic heterocycles. The number of methoxy groups -OCH3 is 1. The molecule has 0 bridgehead atoms. The van der Waals surface area contributed by atoms with Gasteiger partial charge in [0, 0.05) is 13.0 Å². The lowest BCUT2D eigenvalue weighted by atomic mass is 10.0. The molecule has 8 nitrogen and oxygen atoms in total. The summed E-state index contributed by atoms with van der Waals surface area (Å²) in [4.78, 5) is 32.8. The minimum absolute atomic E-state index is 0.261. The van der Waals surface area contributed by atoms with Crippen molar-refractivity contribution in [3.63, 3.8) is 0 Å². The van der Waals surface area contributed by atoms with E-state index in [0.29, 0.717) is 19.6 Å². The Kier molecular flexibility index (Phi) is 6.40. The van der Waals surface area contributed by atoms with Crippen molar-refractivity contribution in [1.29, 1.82) is 0 Å². The average molecular weight is 421 g/mol. The van der Waals surface area contributed by atoms with Crippen LogP contribution in [-0.4, -0.2) is 65.3 Å². The predicted molar refractivity (Wildman–Crippen MR) is 109 cm³/mol. The summed E-state index contributed by atoms with van der Waals surface area (Å²) >= 11 is 0. The number of hydroxylamine groups is 2. The van der Waals surface area contributed by atoms with Crippen molar-refractivity contribution in [1.82, 2.24) is 9.96 Å². The van der Waals surface area contributed by atoms with E-state index in [2.05, 4.69) is 0 Å².